The van der Waals surface area contributed by atoms with Crippen LogP contribution in [0, 0.1) is 5.92 Å². The van der Waals surface area contributed by atoms with Gasteiger partial charge in [0.1, 0.15) is 0 Å². The van der Waals surface area contributed by atoms with Gasteiger partial charge in [-0.15, -0.1) is 11.3 Å². The first-order valence-electron chi connectivity index (χ1n) is 8.68. The van der Waals surface area contributed by atoms with Crippen LogP contribution in [-0.2, 0) is 0 Å². The van der Waals surface area contributed by atoms with E-state index in [-0.39, 0.29) is 4.88 Å². The van der Waals surface area contributed by atoms with Crippen molar-refractivity contribution >= 4 is 27.4 Å². The van der Waals surface area contributed by atoms with Crippen molar-refractivity contribution in [2.45, 2.75) is 38.5 Å². The number of ether oxygens (including phenoxy) is 3. The smallest absolute Gasteiger partial charge is 0.349 e. The fourth-order valence-corrected chi connectivity index (χ4v) is 4.41. The lowest BCUT2D eigenvalue weighted by atomic mass is 10.0. The van der Waals surface area contributed by atoms with Gasteiger partial charge in [0, 0.05) is 16.2 Å². The van der Waals surface area contributed by atoms with E-state index in [0.717, 1.165) is 22.9 Å². The summed E-state index contributed by atoms with van der Waals surface area (Å²) in [6, 6.07) is 3.61. The lowest BCUT2D eigenvalue weighted by molar-refractivity contribution is 0.0697. The highest BCUT2D eigenvalue weighted by Crippen LogP contribution is 2.43. The average Bonchev–Trinajstić information content (AvgIpc) is 2.78. The third-order valence-electron chi connectivity index (χ3n) is 4.78. The molecule has 136 valence electrons. The van der Waals surface area contributed by atoms with E-state index in [1.165, 1.54) is 37.0 Å². The highest BCUT2D eigenvalue weighted by molar-refractivity contribution is 7.21. The van der Waals surface area contributed by atoms with Crippen molar-refractivity contribution in [1.29, 1.82) is 0 Å². The molecule has 2 aromatic rings. The van der Waals surface area contributed by atoms with Crippen LogP contribution in [0.4, 0.5) is 0 Å². The maximum Gasteiger partial charge on any atom is 0.349 e. The highest BCUT2D eigenvalue weighted by Gasteiger charge is 2.23. The summed E-state index contributed by atoms with van der Waals surface area (Å²) in [6.07, 6.45) is 7.35. The summed E-state index contributed by atoms with van der Waals surface area (Å²) in [5, 5.41) is 10.3. The van der Waals surface area contributed by atoms with Gasteiger partial charge in [-0.05, 0) is 24.8 Å². The molecule has 1 aromatic carbocycles. The molecule has 1 N–H and O–H groups in total. The normalized spacial score (nSPS) is 15.8. The monoisotopic (exact) mass is 364 g/mol. The molecule has 1 saturated carbocycles. The van der Waals surface area contributed by atoms with Gasteiger partial charge in [-0.1, -0.05) is 25.7 Å². The van der Waals surface area contributed by atoms with Crippen LogP contribution in [0.3, 0.4) is 0 Å². The lowest BCUT2D eigenvalue weighted by Gasteiger charge is -2.15. The van der Waals surface area contributed by atoms with Gasteiger partial charge >= 0.3 is 5.97 Å². The molecule has 0 bridgehead atoms. The Hall–Kier alpha value is -1.95. The molecule has 0 radical (unpaired) electrons. The van der Waals surface area contributed by atoms with Crippen LogP contribution in [-0.4, -0.2) is 31.9 Å². The minimum atomic E-state index is -0.963. The molecule has 1 aromatic heterocycles. The molecule has 1 aliphatic carbocycles. The van der Waals surface area contributed by atoms with Crippen molar-refractivity contribution in [3.05, 3.63) is 17.0 Å². The first-order valence-corrected chi connectivity index (χ1v) is 9.50. The summed E-state index contributed by atoms with van der Waals surface area (Å²) in [6.45, 7) is 0.570. The number of hydrogen-bond donors (Lipinski definition) is 1. The Labute approximate surface area is 151 Å². The molecule has 0 spiro atoms. The summed E-state index contributed by atoms with van der Waals surface area (Å²) in [5.41, 5.74) is 0. The first-order chi connectivity index (χ1) is 12.1. The Kier molecular flexibility index (Phi) is 5.68. The van der Waals surface area contributed by atoms with Crippen molar-refractivity contribution in [1.82, 2.24) is 0 Å². The second-order valence-electron chi connectivity index (χ2n) is 6.44. The van der Waals surface area contributed by atoms with Gasteiger partial charge in [0.05, 0.1) is 20.8 Å². The van der Waals surface area contributed by atoms with E-state index in [4.69, 9.17) is 14.2 Å². The van der Waals surface area contributed by atoms with Crippen LogP contribution in [0.5, 0.6) is 17.2 Å². The minimum Gasteiger partial charge on any atom is -0.493 e. The molecule has 1 heterocycles. The molecular formula is C19H24O5S. The first kappa shape index (κ1) is 17.9. The Balaban J connectivity index is 1.93. The van der Waals surface area contributed by atoms with E-state index < -0.39 is 5.97 Å². The summed E-state index contributed by atoms with van der Waals surface area (Å²) in [7, 11) is 3.14. The largest absolute Gasteiger partial charge is 0.493 e. The number of benzene rings is 1. The van der Waals surface area contributed by atoms with Gasteiger partial charge in [-0.3, -0.25) is 0 Å². The number of fused-ring (bicyclic) bond motifs is 1. The topological polar surface area (TPSA) is 65.0 Å². The molecule has 0 amide bonds. The SMILES string of the molecule is COc1cc2sc(C(=O)O)c(OCC3CCCCCC3)c2cc1OC. The third kappa shape index (κ3) is 3.84. The predicted octanol–water partition coefficient (Wildman–Crippen LogP) is 4.97. The summed E-state index contributed by atoms with van der Waals surface area (Å²) >= 11 is 1.21. The Bertz CT molecular complexity index is 744. The number of carboxylic acid groups (broad SMARTS) is 1. The molecule has 5 nitrogen and oxygen atoms in total. The van der Waals surface area contributed by atoms with Gasteiger partial charge in [0.15, 0.2) is 22.1 Å². The summed E-state index contributed by atoms with van der Waals surface area (Å²) in [4.78, 5) is 11.9. The zero-order valence-electron chi connectivity index (χ0n) is 14.7. The van der Waals surface area contributed by atoms with Gasteiger partial charge in [0.25, 0.3) is 0 Å². The predicted molar refractivity (Wildman–Crippen MR) is 98.6 cm³/mol. The Morgan fingerprint density at radius 3 is 2.36 bits per heavy atom. The maximum absolute atomic E-state index is 11.7. The van der Waals surface area contributed by atoms with E-state index in [2.05, 4.69) is 0 Å². The Morgan fingerprint density at radius 2 is 1.76 bits per heavy atom. The molecular weight excluding hydrogens is 340 g/mol. The van der Waals surface area contributed by atoms with E-state index in [0.29, 0.717) is 29.8 Å². The van der Waals surface area contributed by atoms with Crippen molar-refractivity contribution < 1.29 is 24.1 Å². The number of rotatable bonds is 6. The molecule has 6 heteroatoms. The highest BCUT2D eigenvalue weighted by atomic mass is 32.1. The summed E-state index contributed by atoms with van der Waals surface area (Å²) < 4.78 is 17.6. The van der Waals surface area contributed by atoms with Crippen LogP contribution in [0.25, 0.3) is 10.1 Å². The number of thiophene rings is 1. The lowest BCUT2D eigenvalue weighted by Crippen LogP contribution is -2.12. The molecule has 25 heavy (non-hydrogen) atoms. The fourth-order valence-electron chi connectivity index (χ4n) is 3.42. The molecule has 3 rings (SSSR count). The second kappa shape index (κ2) is 7.95. The van der Waals surface area contributed by atoms with E-state index >= 15 is 0 Å². The van der Waals surface area contributed by atoms with Crippen molar-refractivity contribution in [3.63, 3.8) is 0 Å². The van der Waals surface area contributed by atoms with Crippen LogP contribution >= 0.6 is 11.3 Å². The average molecular weight is 364 g/mol. The maximum atomic E-state index is 11.7. The van der Waals surface area contributed by atoms with Crippen LogP contribution in [0.15, 0.2) is 12.1 Å². The number of carbonyl (C=O) groups is 1. The van der Waals surface area contributed by atoms with Gasteiger partial charge < -0.3 is 19.3 Å². The third-order valence-corrected chi connectivity index (χ3v) is 5.90. The van der Waals surface area contributed by atoms with Gasteiger partial charge in [-0.2, -0.15) is 0 Å². The van der Waals surface area contributed by atoms with Crippen LogP contribution < -0.4 is 14.2 Å². The van der Waals surface area contributed by atoms with Crippen LogP contribution in [0.1, 0.15) is 48.2 Å². The van der Waals surface area contributed by atoms with Crippen LogP contribution in [0.2, 0.25) is 0 Å². The quantitative estimate of drug-likeness (QED) is 0.734. The van der Waals surface area contributed by atoms with Crippen molar-refractivity contribution in [3.8, 4) is 17.2 Å². The van der Waals surface area contributed by atoms with Gasteiger partial charge in [0.2, 0.25) is 0 Å². The summed E-state index contributed by atoms with van der Waals surface area (Å²) in [5.74, 6) is 1.15. The number of methoxy groups -OCH3 is 2. The fraction of sp³-hybridized carbons (Fsp3) is 0.526. The second-order valence-corrected chi connectivity index (χ2v) is 7.49. The zero-order valence-corrected chi connectivity index (χ0v) is 15.5. The molecule has 0 saturated heterocycles. The van der Waals surface area contributed by atoms with Gasteiger partial charge in [-0.25, -0.2) is 4.79 Å². The molecule has 0 atom stereocenters. The number of carboxylic acids is 1. The standard InChI is InChI=1S/C19H24O5S/c1-22-14-9-13-16(10-15(14)23-2)25-18(19(20)21)17(13)24-11-12-7-5-3-4-6-8-12/h9-10,12H,3-8,11H2,1-2H3,(H,20,21). The molecule has 0 aliphatic heterocycles. The number of aromatic carboxylic acids is 1. The molecule has 0 unspecified atom stereocenters. The van der Waals surface area contributed by atoms with E-state index in [1.54, 1.807) is 20.3 Å². The molecule has 1 fully saturated rings. The Morgan fingerprint density at radius 1 is 1.12 bits per heavy atom. The molecule has 1 aliphatic rings. The zero-order chi connectivity index (χ0) is 17.8. The van der Waals surface area contributed by atoms with E-state index in [1.807, 2.05) is 6.07 Å². The minimum absolute atomic E-state index is 0.235. The van der Waals surface area contributed by atoms with Crippen molar-refractivity contribution in [2.24, 2.45) is 5.92 Å². The van der Waals surface area contributed by atoms with Crippen molar-refractivity contribution in [2.75, 3.05) is 20.8 Å². The number of hydrogen-bond acceptors (Lipinski definition) is 5. The van der Waals surface area contributed by atoms with E-state index in [9.17, 15) is 9.90 Å².